The fraction of sp³-hybridized carbons (Fsp3) is 0.944. The summed E-state index contributed by atoms with van der Waals surface area (Å²) >= 11 is 2.13. The van der Waals surface area contributed by atoms with Gasteiger partial charge in [0.2, 0.25) is 10.0 Å². The van der Waals surface area contributed by atoms with Gasteiger partial charge >= 0.3 is 0 Å². The Morgan fingerprint density at radius 2 is 2.00 bits per heavy atom. The van der Waals surface area contributed by atoms with Gasteiger partial charge in [-0.15, -0.1) is 0 Å². The van der Waals surface area contributed by atoms with Crippen LogP contribution in [-0.4, -0.2) is 68.8 Å². The average molecular weight is 403 g/mol. The minimum atomic E-state index is -3.20. The summed E-state index contributed by atoms with van der Waals surface area (Å²) in [7, 11) is -1.41. The Morgan fingerprint density at radius 1 is 1.23 bits per heavy atom. The topological polar surface area (TPSA) is 73.8 Å². The second-order valence-corrected chi connectivity index (χ2v) is 11.4. The predicted molar refractivity (Wildman–Crippen MR) is 110 cm³/mol. The molecule has 0 aromatic carbocycles. The van der Waals surface area contributed by atoms with Crippen molar-refractivity contribution in [2.75, 3.05) is 44.7 Å². The lowest BCUT2D eigenvalue weighted by Crippen LogP contribution is -2.54. The van der Waals surface area contributed by atoms with E-state index in [4.69, 9.17) is 0 Å². The SMILES string of the molecule is CN=C(NCCS(=O)(=O)NCC1CCC1)N1CCSC2(CCCCC2)C1. The second kappa shape index (κ2) is 9.15. The summed E-state index contributed by atoms with van der Waals surface area (Å²) in [6, 6.07) is 0. The van der Waals surface area contributed by atoms with Gasteiger partial charge in [0.15, 0.2) is 5.96 Å². The van der Waals surface area contributed by atoms with Crippen LogP contribution < -0.4 is 10.0 Å². The summed E-state index contributed by atoms with van der Waals surface area (Å²) in [5, 5.41) is 3.28. The Labute approximate surface area is 163 Å². The summed E-state index contributed by atoms with van der Waals surface area (Å²) in [5.41, 5.74) is 0. The van der Waals surface area contributed by atoms with Crippen molar-refractivity contribution in [3.8, 4) is 0 Å². The lowest BCUT2D eigenvalue weighted by Gasteiger charge is -2.45. The van der Waals surface area contributed by atoms with Crippen molar-refractivity contribution in [1.29, 1.82) is 0 Å². The number of guanidine groups is 1. The molecule has 26 heavy (non-hydrogen) atoms. The number of rotatable bonds is 6. The molecule has 1 spiro atoms. The zero-order valence-corrected chi connectivity index (χ0v) is 17.6. The number of hydrogen-bond acceptors (Lipinski definition) is 4. The third kappa shape index (κ3) is 5.52. The molecule has 2 N–H and O–H groups in total. The Morgan fingerprint density at radius 3 is 2.65 bits per heavy atom. The molecule has 1 heterocycles. The summed E-state index contributed by atoms with van der Waals surface area (Å²) < 4.78 is 27.4. The van der Waals surface area contributed by atoms with E-state index in [1.807, 2.05) is 0 Å². The van der Waals surface area contributed by atoms with Crippen molar-refractivity contribution in [3.63, 3.8) is 0 Å². The van der Waals surface area contributed by atoms with Crippen LogP contribution >= 0.6 is 11.8 Å². The fourth-order valence-electron chi connectivity index (χ4n) is 4.17. The Bertz CT molecular complexity index is 578. The van der Waals surface area contributed by atoms with Crippen molar-refractivity contribution in [3.05, 3.63) is 0 Å². The van der Waals surface area contributed by atoms with Crippen molar-refractivity contribution < 1.29 is 8.42 Å². The maximum absolute atomic E-state index is 12.2. The van der Waals surface area contributed by atoms with Crippen LogP contribution in [0.4, 0.5) is 0 Å². The zero-order valence-electron chi connectivity index (χ0n) is 16.0. The molecule has 2 saturated carbocycles. The van der Waals surface area contributed by atoms with Crippen molar-refractivity contribution in [1.82, 2.24) is 14.9 Å². The normalized spacial score (nSPS) is 24.5. The molecular weight excluding hydrogens is 368 g/mol. The molecule has 0 unspecified atom stereocenters. The van der Waals surface area contributed by atoms with Crippen LogP contribution in [0.25, 0.3) is 0 Å². The number of nitrogens with one attached hydrogen (secondary N) is 2. The van der Waals surface area contributed by atoms with Crippen LogP contribution in [0.1, 0.15) is 51.4 Å². The monoisotopic (exact) mass is 402 g/mol. The summed E-state index contributed by atoms with van der Waals surface area (Å²) in [6.45, 7) is 3.02. The molecule has 3 rings (SSSR count). The van der Waals surface area contributed by atoms with Crippen molar-refractivity contribution >= 4 is 27.7 Å². The minimum absolute atomic E-state index is 0.104. The number of thioether (sulfide) groups is 1. The zero-order chi connectivity index (χ0) is 18.5. The highest BCUT2D eigenvalue weighted by Crippen LogP contribution is 2.42. The van der Waals surface area contributed by atoms with Crippen molar-refractivity contribution in [2.45, 2.75) is 56.1 Å². The Kier molecular flexibility index (Phi) is 7.13. The molecule has 1 saturated heterocycles. The molecule has 1 aliphatic heterocycles. The van der Waals surface area contributed by atoms with Gasteiger partial charge in [0.25, 0.3) is 0 Å². The Balaban J connectivity index is 1.45. The van der Waals surface area contributed by atoms with E-state index in [9.17, 15) is 8.42 Å². The van der Waals surface area contributed by atoms with Gasteiger partial charge in [-0.25, -0.2) is 13.1 Å². The number of sulfonamides is 1. The molecule has 0 aromatic rings. The molecule has 3 aliphatic rings. The highest BCUT2D eigenvalue weighted by atomic mass is 32.2. The van der Waals surface area contributed by atoms with Gasteiger partial charge < -0.3 is 10.2 Å². The van der Waals surface area contributed by atoms with Crippen LogP contribution in [0.2, 0.25) is 0 Å². The highest BCUT2D eigenvalue weighted by Gasteiger charge is 2.38. The lowest BCUT2D eigenvalue weighted by molar-refractivity contribution is 0.293. The van der Waals surface area contributed by atoms with E-state index in [1.165, 1.54) is 38.5 Å². The van der Waals surface area contributed by atoms with E-state index in [0.29, 0.717) is 23.8 Å². The van der Waals surface area contributed by atoms with Gasteiger partial charge in [0.05, 0.1) is 5.75 Å². The van der Waals surface area contributed by atoms with E-state index in [0.717, 1.165) is 37.6 Å². The number of nitrogens with zero attached hydrogens (tertiary/aromatic N) is 2. The maximum Gasteiger partial charge on any atom is 0.213 e. The predicted octanol–water partition coefficient (Wildman–Crippen LogP) is 2.03. The van der Waals surface area contributed by atoms with Crippen LogP contribution in [-0.2, 0) is 10.0 Å². The molecule has 0 bridgehead atoms. The molecule has 0 amide bonds. The van der Waals surface area contributed by atoms with Gasteiger partial charge in [0.1, 0.15) is 0 Å². The molecular formula is C18H34N4O2S2. The fourth-order valence-corrected chi connectivity index (χ4v) is 6.74. The third-order valence-electron chi connectivity index (χ3n) is 6.00. The van der Waals surface area contributed by atoms with E-state index >= 15 is 0 Å². The first-order valence-corrected chi connectivity index (χ1v) is 12.7. The first-order chi connectivity index (χ1) is 12.5. The van der Waals surface area contributed by atoms with Crippen molar-refractivity contribution in [2.24, 2.45) is 10.9 Å². The van der Waals surface area contributed by atoms with Crippen LogP contribution in [0.15, 0.2) is 4.99 Å². The largest absolute Gasteiger partial charge is 0.355 e. The summed E-state index contributed by atoms with van der Waals surface area (Å²) in [6.07, 6.45) is 10.2. The first-order valence-electron chi connectivity index (χ1n) is 10.1. The van der Waals surface area contributed by atoms with Gasteiger partial charge in [-0.3, -0.25) is 4.99 Å². The molecule has 3 fully saturated rings. The third-order valence-corrected chi connectivity index (χ3v) is 8.88. The van der Waals surface area contributed by atoms with Crippen LogP contribution in [0, 0.1) is 5.92 Å². The molecule has 150 valence electrons. The molecule has 8 heteroatoms. The summed E-state index contributed by atoms with van der Waals surface area (Å²) in [4.78, 5) is 6.74. The van der Waals surface area contributed by atoms with Gasteiger partial charge in [-0.2, -0.15) is 11.8 Å². The summed E-state index contributed by atoms with van der Waals surface area (Å²) in [5.74, 6) is 2.63. The second-order valence-electron chi connectivity index (χ2n) is 7.95. The highest BCUT2D eigenvalue weighted by molar-refractivity contribution is 8.00. The number of aliphatic imine (C=N–C) groups is 1. The molecule has 0 radical (unpaired) electrons. The van der Waals surface area contributed by atoms with E-state index in [2.05, 4.69) is 31.7 Å². The quantitative estimate of drug-likeness (QED) is 0.525. The Hall–Kier alpha value is -0.470. The van der Waals surface area contributed by atoms with Crippen LogP contribution in [0.3, 0.4) is 0 Å². The van der Waals surface area contributed by atoms with Crippen LogP contribution in [0.5, 0.6) is 0 Å². The maximum atomic E-state index is 12.2. The average Bonchev–Trinajstić information content (AvgIpc) is 2.58. The molecule has 6 nitrogen and oxygen atoms in total. The first kappa shape index (κ1) is 20.3. The standard InChI is InChI=1S/C18H34N4O2S2/c1-19-17(20-10-13-26(23,24)21-14-16-6-5-7-16)22-11-12-25-18(15-22)8-3-2-4-9-18/h16,21H,2-15H2,1H3,(H,19,20). The molecule has 2 aliphatic carbocycles. The van der Waals surface area contributed by atoms with Gasteiger partial charge in [0, 0.05) is 43.7 Å². The van der Waals surface area contributed by atoms with Gasteiger partial charge in [-0.05, 0) is 31.6 Å². The number of hydrogen-bond donors (Lipinski definition) is 2. The van der Waals surface area contributed by atoms with Gasteiger partial charge in [-0.1, -0.05) is 25.7 Å². The minimum Gasteiger partial charge on any atom is -0.355 e. The van der Waals surface area contributed by atoms with E-state index in [1.54, 1.807) is 7.05 Å². The lowest BCUT2D eigenvalue weighted by atomic mass is 9.86. The smallest absolute Gasteiger partial charge is 0.213 e. The van der Waals surface area contributed by atoms with E-state index < -0.39 is 10.0 Å². The molecule has 0 atom stereocenters. The van der Waals surface area contributed by atoms with E-state index in [-0.39, 0.29) is 5.75 Å². The molecule has 0 aromatic heterocycles.